The minimum atomic E-state index is 0.411. The minimum Gasteiger partial charge on any atom is -0.383 e. The molecule has 1 aliphatic rings. The quantitative estimate of drug-likeness (QED) is 0.905. The van der Waals surface area contributed by atoms with E-state index in [0.717, 1.165) is 24.2 Å². The van der Waals surface area contributed by atoms with Crippen molar-refractivity contribution < 1.29 is 0 Å². The van der Waals surface area contributed by atoms with Gasteiger partial charge in [-0.25, -0.2) is 9.97 Å². The molecular weight excluding hydrogens is 286 g/mol. The largest absolute Gasteiger partial charge is 0.383 e. The normalized spacial score (nSPS) is 13.8. The smallest absolute Gasteiger partial charge is 0.139 e. The SMILES string of the molecule is Cc1c(N)nc(C2CC2)nc1Nc1cc(C#N)ccc1Cl. The zero-order chi connectivity index (χ0) is 15.0. The first-order valence-corrected chi connectivity index (χ1v) is 7.07. The molecule has 5 nitrogen and oxygen atoms in total. The standard InChI is InChI=1S/C15H14ClN5/c1-8-13(18)20-15(10-3-4-10)21-14(8)19-12-6-9(7-17)2-5-11(12)16/h2,5-6,10H,3-4H2,1H3,(H3,18,19,20,21). The molecule has 6 heteroatoms. The fraction of sp³-hybridized carbons (Fsp3) is 0.267. The number of anilines is 3. The van der Waals surface area contributed by atoms with Crippen molar-refractivity contribution in [2.24, 2.45) is 0 Å². The zero-order valence-electron chi connectivity index (χ0n) is 11.5. The molecule has 106 valence electrons. The van der Waals surface area contributed by atoms with Crippen LogP contribution in [0.1, 0.15) is 35.7 Å². The Labute approximate surface area is 127 Å². The molecule has 0 spiro atoms. The highest BCUT2D eigenvalue weighted by molar-refractivity contribution is 6.33. The molecule has 0 atom stereocenters. The highest BCUT2D eigenvalue weighted by Crippen LogP contribution is 2.39. The summed E-state index contributed by atoms with van der Waals surface area (Å²) in [5.41, 5.74) is 7.90. The summed E-state index contributed by atoms with van der Waals surface area (Å²) in [6.45, 7) is 1.86. The molecule has 1 saturated carbocycles. The monoisotopic (exact) mass is 299 g/mol. The van der Waals surface area contributed by atoms with Gasteiger partial charge in [0.15, 0.2) is 0 Å². The number of nitrogens with zero attached hydrogens (tertiary/aromatic N) is 3. The maximum absolute atomic E-state index is 8.98. The lowest BCUT2D eigenvalue weighted by molar-refractivity contribution is 0.928. The van der Waals surface area contributed by atoms with Crippen LogP contribution in [0.4, 0.5) is 17.3 Å². The van der Waals surface area contributed by atoms with E-state index in [1.165, 1.54) is 0 Å². The third kappa shape index (κ3) is 2.76. The van der Waals surface area contributed by atoms with Crippen LogP contribution in [0.2, 0.25) is 5.02 Å². The number of aromatic nitrogens is 2. The molecule has 0 bridgehead atoms. The number of hydrogen-bond acceptors (Lipinski definition) is 5. The molecule has 0 amide bonds. The Morgan fingerprint density at radius 3 is 2.81 bits per heavy atom. The second-order valence-electron chi connectivity index (χ2n) is 5.15. The first-order valence-electron chi connectivity index (χ1n) is 6.69. The Bertz CT molecular complexity index is 746. The average molecular weight is 300 g/mol. The molecule has 2 aromatic rings. The van der Waals surface area contributed by atoms with Gasteiger partial charge in [0.25, 0.3) is 0 Å². The first-order chi connectivity index (χ1) is 10.1. The van der Waals surface area contributed by atoms with Crippen LogP contribution < -0.4 is 11.1 Å². The van der Waals surface area contributed by atoms with E-state index in [2.05, 4.69) is 21.4 Å². The molecule has 1 aliphatic carbocycles. The van der Waals surface area contributed by atoms with E-state index in [9.17, 15) is 0 Å². The van der Waals surface area contributed by atoms with Gasteiger partial charge in [-0.05, 0) is 38.0 Å². The van der Waals surface area contributed by atoms with Crippen molar-refractivity contribution in [1.82, 2.24) is 9.97 Å². The second kappa shape index (κ2) is 5.23. The molecule has 1 aromatic heterocycles. The van der Waals surface area contributed by atoms with Crippen molar-refractivity contribution in [2.75, 3.05) is 11.1 Å². The Morgan fingerprint density at radius 2 is 2.14 bits per heavy atom. The Kier molecular flexibility index (Phi) is 3.40. The van der Waals surface area contributed by atoms with Crippen LogP contribution in [0.25, 0.3) is 0 Å². The molecule has 1 fully saturated rings. The maximum atomic E-state index is 8.98. The molecule has 3 rings (SSSR count). The summed E-state index contributed by atoms with van der Waals surface area (Å²) >= 11 is 6.16. The molecule has 21 heavy (non-hydrogen) atoms. The third-order valence-corrected chi connectivity index (χ3v) is 3.82. The van der Waals surface area contributed by atoms with Crippen molar-refractivity contribution in [3.05, 3.63) is 40.2 Å². The molecule has 0 radical (unpaired) electrons. The van der Waals surface area contributed by atoms with E-state index >= 15 is 0 Å². The fourth-order valence-corrected chi connectivity index (χ4v) is 2.18. The van der Waals surface area contributed by atoms with Gasteiger partial charge in [-0.1, -0.05) is 11.6 Å². The van der Waals surface area contributed by atoms with Crippen LogP contribution in [0.3, 0.4) is 0 Å². The summed E-state index contributed by atoms with van der Waals surface area (Å²) in [6.07, 6.45) is 2.21. The van der Waals surface area contributed by atoms with E-state index in [1.807, 2.05) is 6.92 Å². The van der Waals surface area contributed by atoms with Gasteiger partial charge in [-0.15, -0.1) is 0 Å². The average Bonchev–Trinajstić information content (AvgIpc) is 3.30. The van der Waals surface area contributed by atoms with Crippen LogP contribution in [-0.2, 0) is 0 Å². The number of nitrogen functional groups attached to an aromatic ring is 1. The van der Waals surface area contributed by atoms with E-state index in [4.69, 9.17) is 22.6 Å². The lowest BCUT2D eigenvalue weighted by Crippen LogP contribution is -2.06. The summed E-state index contributed by atoms with van der Waals surface area (Å²) in [5, 5.41) is 12.7. The molecule has 0 saturated heterocycles. The summed E-state index contributed by atoms with van der Waals surface area (Å²) in [7, 11) is 0. The summed E-state index contributed by atoms with van der Waals surface area (Å²) < 4.78 is 0. The zero-order valence-corrected chi connectivity index (χ0v) is 12.3. The predicted molar refractivity (Wildman–Crippen MR) is 82.6 cm³/mol. The van der Waals surface area contributed by atoms with E-state index in [0.29, 0.717) is 33.8 Å². The van der Waals surface area contributed by atoms with Crippen LogP contribution in [0, 0.1) is 18.3 Å². The lowest BCUT2D eigenvalue weighted by Gasteiger charge is -2.13. The van der Waals surface area contributed by atoms with Gasteiger partial charge in [-0.2, -0.15) is 5.26 Å². The Hall–Kier alpha value is -2.32. The van der Waals surface area contributed by atoms with Crippen molar-refractivity contribution >= 4 is 28.9 Å². The fourth-order valence-electron chi connectivity index (χ4n) is 2.02. The summed E-state index contributed by atoms with van der Waals surface area (Å²) in [4.78, 5) is 8.88. The van der Waals surface area contributed by atoms with Gasteiger partial charge in [0.05, 0.1) is 22.3 Å². The number of rotatable bonds is 3. The van der Waals surface area contributed by atoms with Gasteiger partial charge in [-0.3, -0.25) is 0 Å². The van der Waals surface area contributed by atoms with E-state index in [1.54, 1.807) is 18.2 Å². The minimum absolute atomic E-state index is 0.411. The topological polar surface area (TPSA) is 87.6 Å². The number of nitriles is 1. The predicted octanol–water partition coefficient (Wildman–Crippen LogP) is 3.51. The van der Waals surface area contributed by atoms with E-state index < -0.39 is 0 Å². The van der Waals surface area contributed by atoms with Gasteiger partial charge in [0.1, 0.15) is 17.5 Å². The number of nitrogens with one attached hydrogen (secondary N) is 1. The maximum Gasteiger partial charge on any atom is 0.139 e. The van der Waals surface area contributed by atoms with Crippen molar-refractivity contribution in [1.29, 1.82) is 5.26 Å². The van der Waals surface area contributed by atoms with Gasteiger partial charge in [0.2, 0.25) is 0 Å². The Balaban J connectivity index is 1.99. The number of nitrogens with two attached hydrogens (primary N) is 1. The lowest BCUT2D eigenvalue weighted by atomic mass is 10.2. The number of hydrogen-bond donors (Lipinski definition) is 2. The molecule has 0 aliphatic heterocycles. The highest BCUT2D eigenvalue weighted by Gasteiger charge is 2.28. The van der Waals surface area contributed by atoms with Gasteiger partial charge >= 0.3 is 0 Å². The van der Waals surface area contributed by atoms with Gasteiger partial charge < -0.3 is 11.1 Å². The summed E-state index contributed by atoms with van der Waals surface area (Å²) in [5.74, 6) is 2.30. The third-order valence-electron chi connectivity index (χ3n) is 3.49. The molecule has 3 N–H and O–H groups in total. The first kappa shape index (κ1) is 13.7. The molecule has 1 heterocycles. The highest BCUT2D eigenvalue weighted by atomic mass is 35.5. The summed E-state index contributed by atoms with van der Waals surface area (Å²) in [6, 6.07) is 7.14. The number of benzene rings is 1. The van der Waals surface area contributed by atoms with Crippen molar-refractivity contribution in [2.45, 2.75) is 25.7 Å². The molecular formula is C15H14ClN5. The van der Waals surface area contributed by atoms with Crippen LogP contribution in [-0.4, -0.2) is 9.97 Å². The Morgan fingerprint density at radius 1 is 1.38 bits per heavy atom. The molecule has 0 unspecified atom stereocenters. The van der Waals surface area contributed by atoms with Crippen LogP contribution >= 0.6 is 11.6 Å². The molecule has 1 aromatic carbocycles. The van der Waals surface area contributed by atoms with Gasteiger partial charge in [0, 0.05) is 11.5 Å². The van der Waals surface area contributed by atoms with E-state index in [-0.39, 0.29) is 0 Å². The van der Waals surface area contributed by atoms with Crippen LogP contribution in [0.5, 0.6) is 0 Å². The van der Waals surface area contributed by atoms with Crippen molar-refractivity contribution in [3.8, 4) is 6.07 Å². The van der Waals surface area contributed by atoms with Crippen LogP contribution in [0.15, 0.2) is 18.2 Å². The second-order valence-corrected chi connectivity index (χ2v) is 5.55. The van der Waals surface area contributed by atoms with Crippen molar-refractivity contribution in [3.63, 3.8) is 0 Å². The number of halogens is 1.